The minimum Gasteiger partial charge on any atom is -0.494 e. The van der Waals surface area contributed by atoms with Crippen LogP contribution in [0, 0.1) is 11.6 Å². The van der Waals surface area contributed by atoms with E-state index in [0.717, 1.165) is 6.07 Å². The Morgan fingerprint density at radius 3 is 2.21 bits per heavy atom. The second-order valence-corrected chi connectivity index (χ2v) is 3.85. The zero-order valence-electron chi connectivity index (χ0n) is 9.98. The van der Waals surface area contributed by atoms with E-state index in [1.807, 2.05) is 0 Å². The second-order valence-electron chi connectivity index (χ2n) is 3.85. The van der Waals surface area contributed by atoms with Crippen LogP contribution < -0.4 is 4.74 Å². The molecule has 0 saturated carbocycles. The van der Waals surface area contributed by atoms with Crippen LogP contribution in [-0.4, -0.2) is 18.2 Å². The lowest BCUT2D eigenvalue weighted by Crippen LogP contribution is -2.00. The molecule has 0 aromatic heterocycles. The number of halogens is 2. The van der Waals surface area contributed by atoms with Crippen LogP contribution in [0.5, 0.6) is 5.75 Å². The summed E-state index contributed by atoms with van der Waals surface area (Å²) in [5.74, 6) is -2.65. The third-order valence-electron chi connectivity index (χ3n) is 2.68. The highest BCUT2D eigenvalue weighted by molar-refractivity contribution is 5.89. The molecule has 0 radical (unpaired) electrons. The molecule has 2 rings (SSSR count). The first-order chi connectivity index (χ1) is 9.02. The number of carboxylic acid groups (broad SMARTS) is 1. The molecule has 0 fully saturated rings. The molecule has 0 unspecified atom stereocenters. The number of hydrogen-bond acceptors (Lipinski definition) is 2. The zero-order chi connectivity index (χ0) is 14.0. The van der Waals surface area contributed by atoms with E-state index in [-0.39, 0.29) is 5.75 Å². The SMILES string of the molecule is COc1cc(-c2ccc(F)c(C(=O)O)c2)ccc1F. The quantitative estimate of drug-likeness (QED) is 0.924. The molecule has 0 saturated heterocycles. The van der Waals surface area contributed by atoms with Gasteiger partial charge in [-0.15, -0.1) is 0 Å². The summed E-state index contributed by atoms with van der Waals surface area (Å²) in [7, 11) is 1.33. The third kappa shape index (κ3) is 2.54. The van der Waals surface area contributed by atoms with Crippen molar-refractivity contribution in [1.82, 2.24) is 0 Å². The van der Waals surface area contributed by atoms with Gasteiger partial charge >= 0.3 is 5.97 Å². The summed E-state index contributed by atoms with van der Waals surface area (Å²) in [6, 6.07) is 7.79. The van der Waals surface area contributed by atoms with Gasteiger partial charge in [0.25, 0.3) is 0 Å². The van der Waals surface area contributed by atoms with Crippen molar-refractivity contribution in [2.45, 2.75) is 0 Å². The van der Waals surface area contributed by atoms with E-state index in [0.29, 0.717) is 11.1 Å². The van der Waals surface area contributed by atoms with Gasteiger partial charge in [0.1, 0.15) is 5.82 Å². The van der Waals surface area contributed by atoms with Crippen molar-refractivity contribution < 1.29 is 23.4 Å². The van der Waals surface area contributed by atoms with E-state index in [4.69, 9.17) is 9.84 Å². The molecule has 2 aromatic carbocycles. The van der Waals surface area contributed by atoms with Crippen molar-refractivity contribution in [3.8, 4) is 16.9 Å². The van der Waals surface area contributed by atoms with Crippen LogP contribution in [0.4, 0.5) is 8.78 Å². The molecule has 0 spiro atoms. The van der Waals surface area contributed by atoms with Gasteiger partial charge in [-0.3, -0.25) is 0 Å². The summed E-state index contributed by atoms with van der Waals surface area (Å²) < 4.78 is 31.4. The Kier molecular flexibility index (Phi) is 3.46. The van der Waals surface area contributed by atoms with Crippen molar-refractivity contribution in [2.75, 3.05) is 7.11 Å². The number of benzene rings is 2. The molecule has 0 atom stereocenters. The van der Waals surface area contributed by atoms with E-state index < -0.39 is 23.2 Å². The fourth-order valence-corrected chi connectivity index (χ4v) is 1.71. The van der Waals surface area contributed by atoms with Crippen LogP contribution >= 0.6 is 0 Å². The number of carbonyl (C=O) groups is 1. The first-order valence-corrected chi connectivity index (χ1v) is 5.39. The Balaban J connectivity index is 2.53. The molecule has 5 heteroatoms. The Morgan fingerprint density at radius 2 is 1.63 bits per heavy atom. The Hall–Kier alpha value is -2.43. The van der Waals surface area contributed by atoms with Gasteiger partial charge in [0, 0.05) is 0 Å². The smallest absolute Gasteiger partial charge is 0.338 e. The summed E-state index contributed by atoms with van der Waals surface area (Å²) in [6.07, 6.45) is 0. The van der Waals surface area contributed by atoms with E-state index in [1.54, 1.807) is 0 Å². The number of hydrogen-bond donors (Lipinski definition) is 1. The molecule has 19 heavy (non-hydrogen) atoms. The molecule has 0 heterocycles. The van der Waals surface area contributed by atoms with Crippen LogP contribution in [0.1, 0.15) is 10.4 Å². The molecular formula is C14H10F2O3. The number of rotatable bonds is 3. The predicted molar refractivity (Wildman–Crippen MR) is 65.3 cm³/mol. The van der Waals surface area contributed by atoms with Crippen LogP contribution in [0.25, 0.3) is 11.1 Å². The van der Waals surface area contributed by atoms with E-state index in [1.165, 1.54) is 37.4 Å². The minimum atomic E-state index is -1.35. The highest BCUT2D eigenvalue weighted by atomic mass is 19.1. The molecule has 1 N–H and O–H groups in total. The lowest BCUT2D eigenvalue weighted by atomic mass is 10.0. The maximum absolute atomic E-state index is 13.3. The van der Waals surface area contributed by atoms with Gasteiger partial charge in [0.2, 0.25) is 0 Å². The molecule has 0 amide bonds. The molecule has 0 bridgehead atoms. The summed E-state index contributed by atoms with van der Waals surface area (Å²) in [4.78, 5) is 10.9. The average Bonchev–Trinajstić information content (AvgIpc) is 2.39. The number of aromatic carboxylic acids is 1. The monoisotopic (exact) mass is 264 g/mol. The van der Waals surface area contributed by atoms with Crippen molar-refractivity contribution in [1.29, 1.82) is 0 Å². The molecule has 0 aliphatic rings. The molecule has 98 valence electrons. The zero-order valence-corrected chi connectivity index (χ0v) is 9.98. The van der Waals surface area contributed by atoms with Crippen molar-refractivity contribution >= 4 is 5.97 Å². The maximum atomic E-state index is 13.3. The third-order valence-corrected chi connectivity index (χ3v) is 2.68. The molecule has 0 aliphatic heterocycles. The molecule has 2 aromatic rings. The standard InChI is InChI=1S/C14H10F2O3/c1-19-13-7-9(3-5-12(13)16)8-2-4-11(15)10(6-8)14(17)18/h2-7H,1H3,(H,17,18). The number of ether oxygens (including phenoxy) is 1. The lowest BCUT2D eigenvalue weighted by molar-refractivity contribution is 0.0692. The van der Waals surface area contributed by atoms with Crippen LogP contribution in [0.15, 0.2) is 36.4 Å². The van der Waals surface area contributed by atoms with Crippen molar-refractivity contribution in [2.24, 2.45) is 0 Å². The first kappa shape index (κ1) is 13.0. The summed E-state index contributed by atoms with van der Waals surface area (Å²) >= 11 is 0. The fourth-order valence-electron chi connectivity index (χ4n) is 1.71. The maximum Gasteiger partial charge on any atom is 0.338 e. The predicted octanol–water partition coefficient (Wildman–Crippen LogP) is 3.34. The summed E-state index contributed by atoms with van der Waals surface area (Å²) in [5, 5.41) is 8.86. The van der Waals surface area contributed by atoms with E-state index >= 15 is 0 Å². The Labute approximate surface area is 108 Å². The topological polar surface area (TPSA) is 46.5 Å². The Bertz CT molecular complexity index is 639. The van der Waals surface area contributed by atoms with Crippen molar-refractivity contribution in [3.63, 3.8) is 0 Å². The largest absolute Gasteiger partial charge is 0.494 e. The summed E-state index contributed by atoms with van der Waals surface area (Å²) in [5.41, 5.74) is 0.582. The lowest BCUT2D eigenvalue weighted by Gasteiger charge is -2.07. The van der Waals surface area contributed by atoms with Crippen LogP contribution in [-0.2, 0) is 0 Å². The van der Waals surface area contributed by atoms with E-state index in [9.17, 15) is 13.6 Å². The highest BCUT2D eigenvalue weighted by Gasteiger charge is 2.12. The minimum absolute atomic E-state index is 0.0405. The van der Waals surface area contributed by atoms with Crippen molar-refractivity contribution in [3.05, 3.63) is 53.6 Å². The fraction of sp³-hybridized carbons (Fsp3) is 0.0714. The van der Waals surface area contributed by atoms with Gasteiger partial charge in [0.15, 0.2) is 11.6 Å². The summed E-state index contributed by atoms with van der Waals surface area (Å²) in [6.45, 7) is 0. The highest BCUT2D eigenvalue weighted by Crippen LogP contribution is 2.27. The molecule has 0 aliphatic carbocycles. The number of carboxylic acids is 1. The van der Waals surface area contributed by atoms with Crippen LogP contribution in [0.3, 0.4) is 0 Å². The van der Waals surface area contributed by atoms with E-state index in [2.05, 4.69) is 0 Å². The van der Waals surface area contributed by atoms with Gasteiger partial charge < -0.3 is 9.84 Å². The van der Waals surface area contributed by atoms with Gasteiger partial charge in [-0.2, -0.15) is 0 Å². The second kappa shape index (κ2) is 5.06. The van der Waals surface area contributed by atoms with Crippen LogP contribution in [0.2, 0.25) is 0 Å². The van der Waals surface area contributed by atoms with Gasteiger partial charge in [-0.05, 0) is 35.4 Å². The Morgan fingerprint density at radius 1 is 1.05 bits per heavy atom. The van der Waals surface area contributed by atoms with Gasteiger partial charge in [-0.1, -0.05) is 12.1 Å². The molecular weight excluding hydrogens is 254 g/mol. The normalized spacial score (nSPS) is 10.3. The first-order valence-electron chi connectivity index (χ1n) is 5.39. The van der Waals surface area contributed by atoms with Gasteiger partial charge in [0.05, 0.1) is 12.7 Å². The average molecular weight is 264 g/mol. The number of methoxy groups -OCH3 is 1. The van der Waals surface area contributed by atoms with Gasteiger partial charge in [-0.25, -0.2) is 13.6 Å². The molecule has 3 nitrogen and oxygen atoms in total.